The molecular weight excluding hydrogens is 738 g/mol. The molecule has 0 aliphatic heterocycles. The maximum Gasteiger partial charge on any atom is 0.522 e. The monoisotopic (exact) mass is 804 g/mol. The van der Waals surface area contributed by atoms with E-state index in [1.165, 1.54) is 197 Å². The second-order valence-electron chi connectivity index (χ2n) is 15.9. The molecular formula is C50H67F3O3S. The zero-order valence-corrected chi connectivity index (χ0v) is 35.5. The van der Waals surface area contributed by atoms with E-state index < -0.39 is 15.6 Å². The number of halogens is 3. The molecule has 7 heteroatoms. The van der Waals surface area contributed by atoms with Gasteiger partial charge in [-0.2, -0.15) is 21.6 Å². The van der Waals surface area contributed by atoms with Crippen LogP contribution in [-0.2, 0) is 29.4 Å². The van der Waals surface area contributed by atoms with Crippen LogP contribution in [0.1, 0.15) is 165 Å². The van der Waals surface area contributed by atoms with Crippen LogP contribution in [0, 0.1) is 0 Å². The fourth-order valence-corrected chi connectivity index (χ4v) is 8.33. The van der Waals surface area contributed by atoms with Gasteiger partial charge in [-0.25, -0.2) is 0 Å². The van der Waals surface area contributed by atoms with E-state index in [0.717, 1.165) is 6.42 Å². The number of hydrogen-bond donors (Lipinski definition) is 1. The third kappa shape index (κ3) is 14.7. The Kier molecular flexibility index (Phi) is 19.9. The molecule has 57 heavy (non-hydrogen) atoms. The molecule has 4 aromatic carbocycles. The van der Waals surface area contributed by atoms with Crippen LogP contribution in [0.3, 0.4) is 0 Å². The Morgan fingerprint density at radius 3 is 1.32 bits per heavy atom. The Morgan fingerprint density at radius 2 is 0.842 bits per heavy atom. The van der Waals surface area contributed by atoms with Gasteiger partial charge in [0.1, 0.15) is 0 Å². The van der Waals surface area contributed by atoms with E-state index in [1.807, 2.05) is 0 Å². The Bertz CT molecular complexity index is 1880. The number of rotatable bonds is 24. The Morgan fingerprint density at radius 1 is 0.474 bits per heavy atom. The smallest absolute Gasteiger partial charge is 0.279 e. The minimum absolute atomic E-state index is 1.03. The van der Waals surface area contributed by atoms with Crippen molar-refractivity contribution in [1.29, 1.82) is 0 Å². The molecule has 312 valence electrons. The van der Waals surface area contributed by atoms with Crippen molar-refractivity contribution < 1.29 is 26.1 Å². The molecule has 5 rings (SSSR count). The van der Waals surface area contributed by atoms with Gasteiger partial charge in [0, 0.05) is 0 Å². The molecule has 1 aliphatic rings. The minimum Gasteiger partial charge on any atom is -0.279 e. The largest absolute Gasteiger partial charge is 0.522 e. The van der Waals surface area contributed by atoms with Crippen LogP contribution in [-0.4, -0.2) is 18.5 Å². The summed E-state index contributed by atoms with van der Waals surface area (Å²) in [6, 6.07) is 32.7. The molecule has 0 bridgehead atoms. The van der Waals surface area contributed by atoms with Crippen molar-refractivity contribution >= 4 is 10.1 Å². The van der Waals surface area contributed by atoms with Crippen LogP contribution in [0.15, 0.2) is 84.9 Å². The average molecular weight is 805 g/mol. The highest BCUT2D eigenvalue weighted by Crippen LogP contribution is 2.47. The van der Waals surface area contributed by atoms with Gasteiger partial charge in [-0.3, -0.25) is 4.55 Å². The summed E-state index contributed by atoms with van der Waals surface area (Å²) in [6.07, 6.45) is 31.1. The molecule has 0 amide bonds. The fourth-order valence-electron chi connectivity index (χ4n) is 8.33. The van der Waals surface area contributed by atoms with E-state index in [-0.39, 0.29) is 0 Å². The molecule has 0 aromatic heterocycles. The van der Waals surface area contributed by atoms with Gasteiger partial charge in [0.25, 0.3) is 0 Å². The first-order valence-electron chi connectivity index (χ1n) is 22.0. The summed E-state index contributed by atoms with van der Waals surface area (Å²) in [5.74, 6) is 0. The lowest BCUT2D eigenvalue weighted by molar-refractivity contribution is -0.0510. The van der Waals surface area contributed by atoms with Crippen LogP contribution >= 0.6 is 0 Å². The maximum absolute atomic E-state index is 10.7. The van der Waals surface area contributed by atoms with Gasteiger partial charge in [-0.1, -0.05) is 214 Å². The lowest BCUT2D eigenvalue weighted by atomic mass is 9.83. The van der Waals surface area contributed by atoms with E-state index in [0.29, 0.717) is 0 Å². The van der Waals surface area contributed by atoms with Crippen molar-refractivity contribution in [2.45, 2.75) is 167 Å². The molecule has 0 fully saturated rings. The van der Waals surface area contributed by atoms with Crippen LogP contribution in [0.25, 0.3) is 33.4 Å². The van der Waals surface area contributed by atoms with E-state index in [9.17, 15) is 13.2 Å². The Labute approximate surface area is 342 Å². The van der Waals surface area contributed by atoms with Crippen LogP contribution < -0.4 is 0 Å². The minimum atomic E-state index is -5.84. The number of hydrogen-bond acceptors (Lipinski definition) is 2. The van der Waals surface area contributed by atoms with Crippen molar-refractivity contribution in [2.75, 3.05) is 0 Å². The number of unbranched alkanes of at least 4 members (excludes halogenated alkanes) is 18. The predicted octanol–water partition coefficient (Wildman–Crippen LogP) is 15.9. The van der Waals surface area contributed by atoms with Crippen molar-refractivity contribution in [3.8, 4) is 33.4 Å². The Balaban J connectivity index is 0.000000812. The number of benzene rings is 4. The van der Waals surface area contributed by atoms with E-state index in [4.69, 9.17) is 13.0 Å². The average Bonchev–Trinajstić information content (AvgIpc) is 3.58. The summed E-state index contributed by atoms with van der Waals surface area (Å²) < 4.78 is 57.5. The third-order valence-electron chi connectivity index (χ3n) is 11.5. The predicted molar refractivity (Wildman–Crippen MR) is 234 cm³/mol. The van der Waals surface area contributed by atoms with Gasteiger partial charge in [0.05, 0.1) is 0 Å². The molecule has 0 radical (unpaired) electrons. The summed E-state index contributed by atoms with van der Waals surface area (Å²) in [5.41, 5.74) is 9.22. The van der Waals surface area contributed by atoms with Crippen LogP contribution in [0.2, 0.25) is 0 Å². The molecule has 1 aliphatic carbocycles. The van der Waals surface area contributed by atoms with Gasteiger partial charge in [-0.05, 0) is 87.7 Å². The second-order valence-corrected chi connectivity index (χ2v) is 17.4. The molecule has 0 spiro atoms. The Hall–Kier alpha value is -3.42. The quantitative estimate of drug-likeness (QED) is 0.0384. The summed E-state index contributed by atoms with van der Waals surface area (Å²) in [4.78, 5) is 0. The molecule has 0 saturated heterocycles. The van der Waals surface area contributed by atoms with Gasteiger partial charge < -0.3 is 0 Å². The zero-order chi connectivity index (χ0) is 40.9. The number of fused-ring (bicyclic) bond motifs is 3. The first-order chi connectivity index (χ1) is 27.6. The molecule has 4 aromatic rings. The summed E-state index contributed by atoms with van der Waals surface area (Å²) >= 11 is 0. The first kappa shape index (κ1) is 46.3. The normalized spacial score (nSPS) is 12.2. The fraction of sp³-hybridized carbons (Fsp3) is 0.520. The summed E-state index contributed by atoms with van der Waals surface area (Å²) in [7, 11) is -5.84. The number of alkyl halides is 3. The molecule has 0 heterocycles. The molecule has 0 saturated carbocycles. The standard InChI is InChI=1S/C49H66.CHF3O3S/c1-3-5-7-9-11-13-15-17-19-21-29-40-31-23-26-34-43(40)47-38-37-46-44-35-27-25-33-42(44)39-48(46)49(47)45-36-28-24-32-41(45)30-22-20-18-16-14-12-10-8-6-4-2;2-1(3,4)8(5,6)7/h23-28,31-38H,3-22,29-30,39H2,1-2H3;(H,5,6,7). The van der Waals surface area contributed by atoms with Crippen LogP contribution in [0.5, 0.6) is 0 Å². The van der Waals surface area contributed by atoms with Gasteiger partial charge in [-0.15, -0.1) is 0 Å². The van der Waals surface area contributed by atoms with Gasteiger partial charge >= 0.3 is 15.6 Å². The first-order valence-corrected chi connectivity index (χ1v) is 23.4. The molecule has 3 nitrogen and oxygen atoms in total. The highest BCUT2D eigenvalue weighted by molar-refractivity contribution is 7.86. The third-order valence-corrected chi connectivity index (χ3v) is 12.1. The lowest BCUT2D eigenvalue weighted by Crippen LogP contribution is -2.21. The van der Waals surface area contributed by atoms with Gasteiger partial charge in [0.2, 0.25) is 0 Å². The topological polar surface area (TPSA) is 54.4 Å². The molecule has 0 atom stereocenters. The highest BCUT2D eigenvalue weighted by atomic mass is 32.2. The van der Waals surface area contributed by atoms with Crippen molar-refractivity contribution in [3.05, 3.63) is 107 Å². The SMILES string of the molecule is CCCCCCCCCCCCc1ccccc1-c1ccc2c(c1-c1ccccc1CCCCCCCCCCCC)Cc1ccccc1-2.O=S(=O)(O)C(F)(F)F. The number of aryl methyl sites for hydroxylation is 2. The maximum atomic E-state index is 10.7. The van der Waals surface area contributed by atoms with Crippen molar-refractivity contribution in [1.82, 2.24) is 0 Å². The van der Waals surface area contributed by atoms with Crippen molar-refractivity contribution in [2.24, 2.45) is 0 Å². The van der Waals surface area contributed by atoms with Crippen LogP contribution in [0.4, 0.5) is 13.2 Å². The highest BCUT2D eigenvalue weighted by Gasteiger charge is 2.44. The van der Waals surface area contributed by atoms with E-state index in [2.05, 4.69) is 98.8 Å². The lowest BCUT2D eigenvalue weighted by Gasteiger charge is -2.20. The molecule has 1 N–H and O–H groups in total. The molecule has 0 unspecified atom stereocenters. The van der Waals surface area contributed by atoms with E-state index >= 15 is 0 Å². The van der Waals surface area contributed by atoms with Gasteiger partial charge in [0.15, 0.2) is 0 Å². The summed E-state index contributed by atoms with van der Waals surface area (Å²) in [5, 5.41) is 0. The second kappa shape index (κ2) is 24.5. The summed E-state index contributed by atoms with van der Waals surface area (Å²) in [6.45, 7) is 4.61. The van der Waals surface area contributed by atoms with Crippen molar-refractivity contribution in [3.63, 3.8) is 0 Å². The zero-order valence-electron chi connectivity index (χ0n) is 34.7. The van der Waals surface area contributed by atoms with E-state index in [1.54, 1.807) is 0 Å².